The van der Waals surface area contributed by atoms with Gasteiger partial charge in [-0.1, -0.05) is 135 Å². The van der Waals surface area contributed by atoms with Crippen LogP contribution in [0, 0.1) is 5.92 Å². The summed E-state index contributed by atoms with van der Waals surface area (Å²) >= 11 is 0. The third kappa shape index (κ3) is 18.5. The van der Waals surface area contributed by atoms with Crippen molar-refractivity contribution in [1.29, 1.82) is 0 Å². The largest absolute Gasteiger partial charge is 0.446 e. The fourth-order valence-electron chi connectivity index (χ4n) is 6.64. The number of amides is 3. The van der Waals surface area contributed by atoms with Crippen LogP contribution >= 0.6 is 0 Å². The van der Waals surface area contributed by atoms with E-state index in [0.717, 1.165) is 68.5 Å². The van der Waals surface area contributed by atoms with E-state index in [1.54, 1.807) is 0 Å². The smallest absolute Gasteiger partial charge is 0.417 e. The lowest BCUT2D eigenvalue weighted by Gasteiger charge is -2.28. The molecule has 1 aliphatic carbocycles. The predicted molar refractivity (Wildman–Crippen MR) is 189 cm³/mol. The molecule has 1 saturated carbocycles. The number of nitrogens with one attached hydrogen (secondary N) is 1. The summed E-state index contributed by atoms with van der Waals surface area (Å²) in [6.45, 7) is 7.10. The van der Waals surface area contributed by atoms with Crippen molar-refractivity contribution in [2.45, 2.75) is 181 Å². The number of pyridine rings is 1. The number of nitrogens with zero attached hydrogens (tertiary/aromatic N) is 2. The van der Waals surface area contributed by atoms with Crippen LogP contribution in [-0.2, 0) is 27.4 Å². The van der Waals surface area contributed by atoms with Crippen LogP contribution in [0.1, 0.15) is 168 Å². The lowest BCUT2D eigenvalue weighted by atomic mass is 9.94. The Morgan fingerprint density at radius 1 is 0.809 bits per heavy atom. The van der Waals surface area contributed by atoms with Crippen molar-refractivity contribution in [1.82, 2.24) is 10.2 Å². The summed E-state index contributed by atoms with van der Waals surface area (Å²) < 4.78 is 13.5. The van der Waals surface area contributed by atoms with Crippen LogP contribution in [0.3, 0.4) is 0 Å². The molecule has 1 aliphatic rings. The fraction of sp³-hybridized carbons (Fsp3) is 0.795. The topological polar surface area (TPSA) is 88.8 Å². The van der Waals surface area contributed by atoms with Crippen molar-refractivity contribution in [2.24, 2.45) is 5.92 Å². The Labute approximate surface area is 286 Å². The standard InChI is InChI=1S/C39H67N3O5/c1-4-6-7-8-9-10-11-12-13-14-15-16-17-18-21-25-30-40-38(44)46-33-37(35-27-22-19-20-23-28-35)47-39(45)42(34(3)43)32-36-29-24-26-31-41(36)5-2/h24,26,29,31,35,37H,4-23,25,27-28,30,32-33H2,1-3H3/p+1. The second-order valence-electron chi connectivity index (χ2n) is 13.6. The lowest BCUT2D eigenvalue weighted by Crippen LogP contribution is -2.45. The first-order chi connectivity index (χ1) is 23.0. The molecule has 0 saturated heterocycles. The van der Waals surface area contributed by atoms with Gasteiger partial charge in [0.2, 0.25) is 11.6 Å². The lowest BCUT2D eigenvalue weighted by molar-refractivity contribution is -0.701. The summed E-state index contributed by atoms with van der Waals surface area (Å²) in [4.78, 5) is 39.6. The van der Waals surface area contributed by atoms with Gasteiger partial charge in [-0.3, -0.25) is 4.79 Å². The summed E-state index contributed by atoms with van der Waals surface area (Å²) in [6.07, 6.45) is 27.5. The minimum atomic E-state index is -0.685. The highest BCUT2D eigenvalue weighted by atomic mass is 16.6. The molecule has 1 atom stereocenters. The van der Waals surface area contributed by atoms with Crippen LogP contribution < -0.4 is 9.88 Å². The fourth-order valence-corrected chi connectivity index (χ4v) is 6.64. The van der Waals surface area contributed by atoms with Gasteiger partial charge in [-0.15, -0.1) is 0 Å². The molecule has 2 rings (SSSR count). The van der Waals surface area contributed by atoms with E-state index in [4.69, 9.17) is 9.47 Å². The van der Waals surface area contributed by atoms with E-state index in [-0.39, 0.29) is 25.0 Å². The maximum absolute atomic E-state index is 13.3. The number of alkyl carbamates (subject to hydrolysis) is 1. The minimum absolute atomic E-state index is 0.00671. The molecule has 1 fully saturated rings. The molecule has 1 heterocycles. The number of hydrogen-bond acceptors (Lipinski definition) is 5. The molecule has 0 bridgehead atoms. The molecule has 0 spiro atoms. The molecular weight excluding hydrogens is 590 g/mol. The van der Waals surface area contributed by atoms with Gasteiger partial charge in [0.25, 0.3) is 0 Å². The van der Waals surface area contributed by atoms with E-state index in [1.807, 2.05) is 35.9 Å². The molecule has 3 amide bonds. The maximum Gasteiger partial charge on any atom is 0.417 e. The Morgan fingerprint density at radius 2 is 1.36 bits per heavy atom. The first-order valence-electron chi connectivity index (χ1n) is 19.3. The summed E-state index contributed by atoms with van der Waals surface area (Å²) in [5.41, 5.74) is 0.845. The van der Waals surface area contributed by atoms with Gasteiger partial charge in [-0.25, -0.2) is 19.1 Å². The molecule has 0 aliphatic heterocycles. The summed E-state index contributed by atoms with van der Waals surface area (Å²) in [5, 5.41) is 2.87. The van der Waals surface area contributed by atoms with Crippen molar-refractivity contribution in [3.8, 4) is 0 Å². The van der Waals surface area contributed by atoms with E-state index in [2.05, 4.69) is 12.2 Å². The average Bonchev–Trinajstić information content (AvgIpc) is 3.36. The van der Waals surface area contributed by atoms with Crippen molar-refractivity contribution >= 4 is 18.1 Å². The molecule has 1 N–H and O–H groups in total. The number of carbonyl (C=O) groups is 3. The highest BCUT2D eigenvalue weighted by Crippen LogP contribution is 2.28. The van der Waals surface area contributed by atoms with Gasteiger partial charge in [0, 0.05) is 25.6 Å². The zero-order chi connectivity index (χ0) is 34.0. The molecule has 0 aromatic carbocycles. The van der Waals surface area contributed by atoms with E-state index in [9.17, 15) is 14.4 Å². The Bertz CT molecular complexity index is 979. The van der Waals surface area contributed by atoms with E-state index in [0.29, 0.717) is 6.54 Å². The van der Waals surface area contributed by atoms with Gasteiger partial charge >= 0.3 is 12.2 Å². The van der Waals surface area contributed by atoms with Crippen molar-refractivity contribution in [2.75, 3.05) is 13.2 Å². The summed E-state index contributed by atoms with van der Waals surface area (Å²) in [5.74, 6) is -0.278. The predicted octanol–water partition coefficient (Wildman–Crippen LogP) is 9.81. The first kappa shape index (κ1) is 40.5. The van der Waals surface area contributed by atoms with E-state index >= 15 is 0 Å². The molecule has 47 heavy (non-hydrogen) atoms. The second kappa shape index (κ2) is 26.3. The first-order valence-corrected chi connectivity index (χ1v) is 19.3. The van der Waals surface area contributed by atoms with Crippen LogP contribution in [-0.4, -0.2) is 42.2 Å². The molecule has 0 radical (unpaired) electrons. The highest BCUT2D eigenvalue weighted by Gasteiger charge is 2.32. The van der Waals surface area contributed by atoms with Gasteiger partial charge in [0.1, 0.15) is 25.8 Å². The molecule has 8 heteroatoms. The molecule has 1 aromatic heterocycles. The number of aryl methyl sites for hydroxylation is 1. The van der Waals surface area contributed by atoms with Crippen LogP contribution in [0.15, 0.2) is 24.4 Å². The SMILES string of the molecule is CCCCCCCCCCCCCCCCCCNC(=O)OCC(OC(=O)N(Cc1cccc[n+]1CC)C(C)=O)C1CCCCCC1. The van der Waals surface area contributed by atoms with Gasteiger partial charge in [-0.2, -0.15) is 0 Å². The van der Waals surface area contributed by atoms with E-state index < -0.39 is 18.3 Å². The van der Waals surface area contributed by atoms with Crippen molar-refractivity contribution in [3.63, 3.8) is 0 Å². The zero-order valence-electron chi connectivity index (χ0n) is 30.3. The monoisotopic (exact) mass is 659 g/mol. The Hall–Kier alpha value is -2.64. The number of rotatable bonds is 24. The number of unbranched alkanes of at least 4 members (excludes halogenated alkanes) is 15. The van der Waals surface area contributed by atoms with Crippen LogP contribution in [0.5, 0.6) is 0 Å². The van der Waals surface area contributed by atoms with Gasteiger partial charge in [0.05, 0.1) is 0 Å². The van der Waals surface area contributed by atoms with E-state index in [1.165, 1.54) is 96.8 Å². The molecule has 268 valence electrons. The van der Waals surface area contributed by atoms with Crippen LogP contribution in [0.2, 0.25) is 0 Å². The highest BCUT2D eigenvalue weighted by molar-refractivity contribution is 5.90. The zero-order valence-corrected chi connectivity index (χ0v) is 30.3. The average molecular weight is 659 g/mol. The quantitative estimate of drug-likeness (QED) is 0.0679. The number of imide groups is 1. The van der Waals surface area contributed by atoms with Gasteiger partial charge < -0.3 is 14.8 Å². The number of ether oxygens (including phenoxy) is 2. The van der Waals surface area contributed by atoms with Crippen molar-refractivity contribution in [3.05, 3.63) is 30.1 Å². The number of hydrogen-bond donors (Lipinski definition) is 1. The van der Waals surface area contributed by atoms with Gasteiger partial charge in [-0.05, 0) is 32.1 Å². The van der Waals surface area contributed by atoms with Gasteiger partial charge in [0.15, 0.2) is 6.20 Å². The third-order valence-electron chi connectivity index (χ3n) is 9.65. The van der Waals surface area contributed by atoms with Crippen molar-refractivity contribution < 1.29 is 28.4 Å². The molecular formula is C39H68N3O5+. The Balaban J connectivity index is 1.66. The number of aromatic nitrogens is 1. The summed E-state index contributed by atoms with van der Waals surface area (Å²) in [6, 6.07) is 5.72. The molecule has 1 aromatic rings. The minimum Gasteiger partial charge on any atom is -0.446 e. The Morgan fingerprint density at radius 3 is 1.89 bits per heavy atom. The Kier molecular flexibility index (Phi) is 22.7. The third-order valence-corrected chi connectivity index (χ3v) is 9.65. The molecule has 8 nitrogen and oxygen atoms in total. The maximum atomic E-state index is 13.3. The summed E-state index contributed by atoms with van der Waals surface area (Å²) in [7, 11) is 0. The van der Waals surface area contributed by atoms with Crippen LogP contribution in [0.25, 0.3) is 0 Å². The normalized spacial score (nSPS) is 14.3. The second-order valence-corrected chi connectivity index (χ2v) is 13.6. The molecule has 1 unspecified atom stereocenters. The van der Waals surface area contributed by atoms with Crippen LogP contribution in [0.4, 0.5) is 9.59 Å². The number of carbonyl (C=O) groups excluding carboxylic acids is 3.